The zero-order valence-corrected chi connectivity index (χ0v) is 35.8. The molecular formula is C45H71NO11. The molecule has 0 aromatic heterocycles. The van der Waals surface area contributed by atoms with E-state index in [9.17, 15) is 29.4 Å². The number of esters is 1. The zero-order valence-electron chi connectivity index (χ0n) is 35.8. The third-order valence-corrected chi connectivity index (χ3v) is 12.9. The minimum atomic E-state index is -2.47. The second kappa shape index (κ2) is 21.5. The molecule has 2 saturated heterocycles. The van der Waals surface area contributed by atoms with Crippen molar-refractivity contribution in [1.82, 2.24) is 4.90 Å². The topological polar surface area (TPSA) is 158 Å². The molecule has 12 nitrogen and oxygen atoms in total. The average molecular weight is 802 g/mol. The largest absolute Gasteiger partial charge is 0.456 e. The Hall–Kier alpha value is -2.74. The Bertz CT molecular complexity index is 1460. The molecule has 0 radical (unpaired) electrons. The number of piperidine rings is 1. The number of carbonyl (C=O) groups excluding carboxylic acids is 4. The molecule has 0 aromatic carbocycles. The fraction of sp³-hybridized carbons (Fsp3) is 0.778. The normalized spacial score (nSPS) is 39.6. The highest BCUT2D eigenvalue weighted by atomic mass is 16.7. The molecule has 3 heterocycles. The Morgan fingerprint density at radius 1 is 1.00 bits per heavy atom. The lowest BCUT2D eigenvalue weighted by Gasteiger charge is -2.47. The predicted molar refractivity (Wildman–Crippen MR) is 216 cm³/mol. The van der Waals surface area contributed by atoms with Crippen LogP contribution in [0.4, 0.5) is 0 Å². The van der Waals surface area contributed by atoms with Crippen LogP contribution in [0.3, 0.4) is 0 Å². The summed E-state index contributed by atoms with van der Waals surface area (Å²) in [6.45, 7) is 15.9. The first-order valence-electron chi connectivity index (χ1n) is 21.4. The Morgan fingerprint density at radius 2 is 1.70 bits per heavy atom. The van der Waals surface area contributed by atoms with Crippen molar-refractivity contribution in [1.29, 1.82) is 0 Å². The minimum absolute atomic E-state index is 0.0590. The van der Waals surface area contributed by atoms with Crippen LogP contribution in [-0.2, 0) is 42.9 Å². The number of Topliss-reactive ketones (excluding diaryl/α,β-unsaturated/α-hetero) is 2. The van der Waals surface area contributed by atoms with Crippen molar-refractivity contribution in [2.45, 2.75) is 167 Å². The number of cyclic esters (lactones) is 1. The van der Waals surface area contributed by atoms with E-state index in [-0.39, 0.29) is 48.5 Å². The number of ketones is 2. The number of hydrogen-bond acceptors (Lipinski definition) is 11. The van der Waals surface area contributed by atoms with Crippen LogP contribution in [0, 0.1) is 29.6 Å². The van der Waals surface area contributed by atoms with E-state index in [2.05, 4.69) is 25.7 Å². The predicted octanol–water partition coefficient (Wildman–Crippen LogP) is 6.06. The summed E-state index contributed by atoms with van der Waals surface area (Å²) in [5.74, 6) is -6.26. The van der Waals surface area contributed by atoms with Gasteiger partial charge in [0.1, 0.15) is 24.0 Å². The van der Waals surface area contributed by atoms with Gasteiger partial charge in [-0.05, 0) is 108 Å². The molecule has 4 rings (SSSR count). The summed E-state index contributed by atoms with van der Waals surface area (Å²) in [5, 5.41) is 22.6. The SMILES string of the molecule is C=CCOC1CC(C=C(C)C2OC(=O)C3CCCCN3C(=O)C(=O)C3(O)OC(C(OC)CC(C)C/C(C)=C/C(CC)C(=O)CCC2C)C(OC)CC3C)CCC1O. The molecule has 12 heteroatoms. The van der Waals surface area contributed by atoms with Crippen LogP contribution in [-0.4, -0.2) is 114 Å². The zero-order chi connectivity index (χ0) is 42.0. The van der Waals surface area contributed by atoms with Gasteiger partial charge in [0.2, 0.25) is 5.79 Å². The third kappa shape index (κ3) is 11.7. The lowest BCUT2D eigenvalue weighted by molar-refractivity contribution is -0.302. The summed E-state index contributed by atoms with van der Waals surface area (Å²) < 4.78 is 30.3. The van der Waals surface area contributed by atoms with Crippen LogP contribution >= 0.6 is 0 Å². The molecule has 3 aliphatic heterocycles. The summed E-state index contributed by atoms with van der Waals surface area (Å²) in [4.78, 5) is 57.8. The molecule has 2 bridgehead atoms. The number of aliphatic hydroxyl groups excluding tert-OH is 1. The number of fused-ring (bicyclic) bond motifs is 3. The highest BCUT2D eigenvalue weighted by molar-refractivity contribution is 6.39. The second-order valence-electron chi connectivity index (χ2n) is 17.4. The maximum atomic E-state index is 14.3. The van der Waals surface area contributed by atoms with Crippen LogP contribution in [0.2, 0.25) is 0 Å². The van der Waals surface area contributed by atoms with Gasteiger partial charge in [0.25, 0.3) is 11.7 Å². The Kier molecular flexibility index (Phi) is 17.7. The second-order valence-corrected chi connectivity index (χ2v) is 17.4. The number of allylic oxidation sites excluding steroid dienone is 3. The van der Waals surface area contributed by atoms with Gasteiger partial charge in [0, 0.05) is 39.0 Å². The maximum absolute atomic E-state index is 14.3. The number of amides is 1. The Balaban J connectivity index is 1.73. The van der Waals surface area contributed by atoms with Gasteiger partial charge in [0.15, 0.2) is 0 Å². The number of aliphatic hydroxyl groups is 2. The quantitative estimate of drug-likeness (QED) is 0.167. The highest BCUT2D eigenvalue weighted by Gasteiger charge is 2.56. The molecule has 57 heavy (non-hydrogen) atoms. The number of nitrogens with zero attached hydrogens (tertiary/aromatic N) is 1. The van der Waals surface area contributed by atoms with E-state index in [1.807, 2.05) is 27.7 Å². The van der Waals surface area contributed by atoms with E-state index < -0.39 is 65.9 Å². The lowest BCUT2D eigenvalue weighted by Crippen LogP contribution is -2.64. The van der Waals surface area contributed by atoms with Crippen LogP contribution in [0.5, 0.6) is 0 Å². The molecule has 2 N–H and O–H groups in total. The molecule has 1 aliphatic carbocycles. The fourth-order valence-corrected chi connectivity index (χ4v) is 9.51. The molecule has 3 fully saturated rings. The summed E-state index contributed by atoms with van der Waals surface area (Å²) in [6.07, 6.45) is 8.50. The van der Waals surface area contributed by atoms with Crippen LogP contribution in [0.15, 0.2) is 36.0 Å². The van der Waals surface area contributed by atoms with Gasteiger partial charge >= 0.3 is 5.97 Å². The van der Waals surface area contributed by atoms with Crippen molar-refractivity contribution in [3.8, 4) is 0 Å². The minimum Gasteiger partial charge on any atom is -0.456 e. The van der Waals surface area contributed by atoms with Crippen molar-refractivity contribution >= 4 is 23.4 Å². The summed E-state index contributed by atoms with van der Waals surface area (Å²) in [5.41, 5.74) is 1.89. The van der Waals surface area contributed by atoms with Gasteiger partial charge in [-0.25, -0.2) is 4.79 Å². The average Bonchev–Trinajstić information content (AvgIpc) is 3.19. The molecule has 1 amide bonds. The first kappa shape index (κ1) is 46.9. The van der Waals surface area contributed by atoms with Gasteiger partial charge in [-0.3, -0.25) is 14.4 Å². The fourth-order valence-electron chi connectivity index (χ4n) is 9.51. The van der Waals surface area contributed by atoms with Gasteiger partial charge in [-0.1, -0.05) is 51.5 Å². The number of hydrogen-bond donors (Lipinski definition) is 2. The van der Waals surface area contributed by atoms with Gasteiger partial charge < -0.3 is 38.8 Å². The van der Waals surface area contributed by atoms with Gasteiger partial charge in [0.05, 0.1) is 31.0 Å². The third-order valence-electron chi connectivity index (χ3n) is 12.9. The molecule has 4 aliphatic rings. The number of rotatable bonds is 8. The van der Waals surface area contributed by atoms with E-state index in [0.29, 0.717) is 70.8 Å². The molecule has 13 atom stereocenters. The van der Waals surface area contributed by atoms with E-state index in [0.717, 1.165) is 17.6 Å². The van der Waals surface area contributed by atoms with Gasteiger partial charge in [-0.15, -0.1) is 6.58 Å². The van der Waals surface area contributed by atoms with Crippen LogP contribution in [0.25, 0.3) is 0 Å². The molecule has 0 aromatic rings. The van der Waals surface area contributed by atoms with Crippen molar-refractivity contribution < 1.29 is 53.1 Å². The summed E-state index contributed by atoms with van der Waals surface area (Å²) in [6, 6.07) is -1.05. The van der Waals surface area contributed by atoms with E-state index in [1.165, 1.54) is 4.90 Å². The molecule has 322 valence electrons. The molecule has 1 saturated carbocycles. The monoisotopic (exact) mass is 802 g/mol. The van der Waals surface area contributed by atoms with Crippen LogP contribution in [0.1, 0.15) is 119 Å². The number of carbonyl (C=O) groups is 4. The maximum Gasteiger partial charge on any atom is 0.329 e. The van der Waals surface area contributed by atoms with Crippen molar-refractivity contribution in [2.24, 2.45) is 29.6 Å². The van der Waals surface area contributed by atoms with Crippen molar-refractivity contribution in [3.05, 3.63) is 36.0 Å². The Labute approximate surface area is 340 Å². The summed E-state index contributed by atoms with van der Waals surface area (Å²) >= 11 is 0. The van der Waals surface area contributed by atoms with E-state index >= 15 is 0 Å². The molecular weight excluding hydrogens is 730 g/mol. The Morgan fingerprint density at radius 3 is 2.37 bits per heavy atom. The number of ether oxygens (including phenoxy) is 5. The van der Waals surface area contributed by atoms with Crippen molar-refractivity contribution in [3.63, 3.8) is 0 Å². The smallest absolute Gasteiger partial charge is 0.329 e. The van der Waals surface area contributed by atoms with E-state index in [1.54, 1.807) is 27.2 Å². The first-order valence-corrected chi connectivity index (χ1v) is 21.4. The highest BCUT2D eigenvalue weighted by Crippen LogP contribution is 2.39. The lowest BCUT2D eigenvalue weighted by atomic mass is 9.82. The first-order chi connectivity index (χ1) is 27.1. The van der Waals surface area contributed by atoms with Gasteiger partial charge in [-0.2, -0.15) is 0 Å². The van der Waals surface area contributed by atoms with Crippen molar-refractivity contribution in [2.75, 3.05) is 27.4 Å². The van der Waals surface area contributed by atoms with Crippen LogP contribution < -0.4 is 0 Å². The van der Waals surface area contributed by atoms with E-state index in [4.69, 9.17) is 23.7 Å². The molecule has 0 spiro atoms. The standard InChI is InChI=1S/C45H71NO11/c1-10-20-55-37-26-32(16-18-36(37)48)24-30(6)40-29(5)15-17-35(47)33(11-2)22-27(3)21-28(4)23-38(53-8)41-39(54-9)25-31(7)45(52,57-41)42(49)43(50)46-19-13-12-14-34(46)44(51)56-40/h10,22,24,28-29,31-34,36-41,48,52H,1,11-21,23,25-26H2,2-9H3/b27-22+,30-24?. The molecule has 13 unspecified atom stereocenters. The summed E-state index contributed by atoms with van der Waals surface area (Å²) in [7, 11) is 3.10. The number of methoxy groups -OCH3 is 2.